The predicted octanol–water partition coefficient (Wildman–Crippen LogP) is 4.45. The summed E-state index contributed by atoms with van der Waals surface area (Å²) in [5.41, 5.74) is 8.29. The third-order valence-corrected chi connectivity index (χ3v) is 8.21. The number of rotatable bonds is 5. The van der Waals surface area contributed by atoms with Crippen LogP contribution in [0.5, 0.6) is 0 Å². The molecule has 1 aliphatic carbocycles. The molecule has 1 spiro atoms. The highest BCUT2D eigenvalue weighted by atomic mass is 19.1. The SMILES string of the molecule is CC1CCC(C(NC(=O)c2cccc(N)c2)C(=O)Nc2cc(F)c3c(c2)NCC32CCOCC2)CC1. The lowest BCUT2D eigenvalue weighted by atomic mass is 9.75. The number of hydrogen-bond acceptors (Lipinski definition) is 5. The zero-order valence-electron chi connectivity index (χ0n) is 20.7. The highest BCUT2D eigenvalue weighted by molar-refractivity contribution is 6.02. The number of nitrogen functional groups attached to an aromatic ring is 1. The second-order valence-electron chi connectivity index (χ2n) is 10.7. The Morgan fingerprint density at radius 2 is 1.89 bits per heavy atom. The van der Waals surface area contributed by atoms with E-state index in [9.17, 15) is 9.59 Å². The molecule has 2 fully saturated rings. The van der Waals surface area contributed by atoms with E-state index in [2.05, 4.69) is 22.9 Å². The van der Waals surface area contributed by atoms with E-state index in [0.29, 0.717) is 48.2 Å². The predicted molar refractivity (Wildman–Crippen MR) is 138 cm³/mol. The molecular formula is C28H35FN4O3. The molecule has 5 rings (SSSR count). The van der Waals surface area contributed by atoms with Crippen LogP contribution in [-0.2, 0) is 14.9 Å². The molecule has 2 aromatic rings. The first kappa shape index (κ1) is 24.6. The largest absolute Gasteiger partial charge is 0.399 e. The van der Waals surface area contributed by atoms with Crippen LogP contribution in [0, 0.1) is 17.7 Å². The van der Waals surface area contributed by atoms with E-state index >= 15 is 4.39 Å². The first-order chi connectivity index (χ1) is 17.3. The molecule has 7 nitrogen and oxygen atoms in total. The first-order valence-corrected chi connectivity index (χ1v) is 13.0. The topological polar surface area (TPSA) is 105 Å². The molecule has 1 unspecified atom stereocenters. The molecule has 2 amide bonds. The Morgan fingerprint density at radius 1 is 1.14 bits per heavy atom. The summed E-state index contributed by atoms with van der Waals surface area (Å²) in [5, 5.41) is 9.19. The molecule has 1 atom stereocenters. The number of nitrogens with one attached hydrogen (secondary N) is 3. The second-order valence-corrected chi connectivity index (χ2v) is 10.7. The third kappa shape index (κ3) is 4.91. The summed E-state index contributed by atoms with van der Waals surface area (Å²) in [7, 11) is 0. The fourth-order valence-electron chi connectivity index (χ4n) is 6.04. The maximum Gasteiger partial charge on any atom is 0.252 e. The Hall–Kier alpha value is -3.13. The van der Waals surface area contributed by atoms with E-state index in [1.54, 1.807) is 30.3 Å². The minimum absolute atomic E-state index is 0.00844. The van der Waals surface area contributed by atoms with Crippen molar-refractivity contribution < 1.29 is 18.7 Å². The quantitative estimate of drug-likeness (QED) is 0.460. The van der Waals surface area contributed by atoms with Crippen molar-refractivity contribution in [3.63, 3.8) is 0 Å². The normalized spacial score (nSPS) is 23.4. The summed E-state index contributed by atoms with van der Waals surface area (Å²) in [6.45, 7) is 4.11. The number of fused-ring (bicyclic) bond motifs is 2. The average Bonchev–Trinajstić information content (AvgIpc) is 3.21. The van der Waals surface area contributed by atoms with Crippen LogP contribution < -0.4 is 21.7 Å². The second kappa shape index (κ2) is 10.1. The van der Waals surface area contributed by atoms with Gasteiger partial charge in [-0.3, -0.25) is 9.59 Å². The van der Waals surface area contributed by atoms with Crippen molar-refractivity contribution in [2.24, 2.45) is 11.8 Å². The molecule has 5 N–H and O–H groups in total. The van der Waals surface area contributed by atoms with Crippen molar-refractivity contribution in [1.29, 1.82) is 0 Å². The summed E-state index contributed by atoms with van der Waals surface area (Å²) in [4.78, 5) is 26.5. The van der Waals surface area contributed by atoms with Crippen LogP contribution in [0.25, 0.3) is 0 Å². The number of carbonyl (C=O) groups excluding carboxylic acids is 2. The van der Waals surface area contributed by atoms with Gasteiger partial charge in [0.05, 0.1) is 0 Å². The fourth-order valence-corrected chi connectivity index (χ4v) is 6.04. The number of amides is 2. The molecule has 2 aromatic carbocycles. The molecule has 36 heavy (non-hydrogen) atoms. The van der Waals surface area contributed by atoms with E-state index in [0.717, 1.165) is 44.2 Å². The van der Waals surface area contributed by atoms with Crippen LogP contribution in [0.15, 0.2) is 36.4 Å². The number of nitrogens with two attached hydrogens (primary N) is 1. The number of benzene rings is 2. The van der Waals surface area contributed by atoms with Gasteiger partial charge in [0.25, 0.3) is 5.91 Å². The molecule has 0 aromatic heterocycles. The van der Waals surface area contributed by atoms with Crippen molar-refractivity contribution in [3.05, 3.63) is 53.3 Å². The van der Waals surface area contributed by atoms with E-state index in [-0.39, 0.29) is 29.0 Å². The minimum Gasteiger partial charge on any atom is -0.399 e. The lowest BCUT2D eigenvalue weighted by Crippen LogP contribution is -2.49. The number of hydrogen-bond donors (Lipinski definition) is 4. The van der Waals surface area contributed by atoms with Crippen LogP contribution in [0.4, 0.5) is 21.5 Å². The van der Waals surface area contributed by atoms with E-state index in [1.807, 2.05) is 0 Å². The molecule has 2 aliphatic heterocycles. The molecule has 8 heteroatoms. The summed E-state index contributed by atoms with van der Waals surface area (Å²) in [5.74, 6) is -0.381. The number of halogens is 1. The molecular weight excluding hydrogens is 459 g/mol. The van der Waals surface area contributed by atoms with Gasteiger partial charge in [-0.1, -0.05) is 25.8 Å². The summed E-state index contributed by atoms with van der Waals surface area (Å²) >= 11 is 0. The zero-order valence-corrected chi connectivity index (χ0v) is 20.7. The van der Waals surface area contributed by atoms with Gasteiger partial charge in [-0.05, 0) is 67.9 Å². The van der Waals surface area contributed by atoms with Crippen molar-refractivity contribution in [2.45, 2.75) is 56.9 Å². The van der Waals surface area contributed by atoms with Crippen LogP contribution in [-0.4, -0.2) is 37.6 Å². The van der Waals surface area contributed by atoms with Crippen molar-refractivity contribution in [3.8, 4) is 0 Å². The van der Waals surface area contributed by atoms with Crippen LogP contribution in [0.1, 0.15) is 61.4 Å². The summed E-state index contributed by atoms with van der Waals surface area (Å²) in [6.07, 6.45) is 5.25. The van der Waals surface area contributed by atoms with Gasteiger partial charge in [0.2, 0.25) is 5.91 Å². The summed E-state index contributed by atoms with van der Waals surface area (Å²) < 4.78 is 20.9. The van der Waals surface area contributed by atoms with E-state index in [4.69, 9.17) is 10.5 Å². The van der Waals surface area contributed by atoms with Crippen molar-refractivity contribution >= 4 is 28.9 Å². The molecule has 0 bridgehead atoms. The number of ether oxygens (including phenoxy) is 1. The van der Waals surface area contributed by atoms with Gasteiger partial charge in [-0.2, -0.15) is 0 Å². The van der Waals surface area contributed by atoms with Gasteiger partial charge in [0.15, 0.2) is 0 Å². The fraction of sp³-hybridized carbons (Fsp3) is 0.500. The Balaban J connectivity index is 1.36. The van der Waals surface area contributed by atoms with Gasteiger partial charge in [0.1, 0.15) is 11.9 Å². The van der Waals surface area contributed by atoms with Gasteiger partial charge < -0.3 is 26.4 Å². The smallest absolute Gasteiger partial charge is 0.252 e. The van der Waals surface area contributed by atoms with E-state index < -0.39 is 6.04 Å². The Kier molecular flexibility index (Phi) is 6.88. The van der Waals surface area contributed by atoms with Crippen LogP contribution in [0.2, 0.25) is 0 Å². The van der Waals surface area contributed by atoms with Gasteiger partial charge in [0, 0.05) is 53.4 Å². The van der Waals surface area contributed by atoms with Gasteiger partial charge >= 0.3 is 0 Å². The molecule has 1 saturated heterocycles. The highest BCUT2D eigenvalue weighted by Crippen LogP contribution is 2.46. The van der Waals surface area contributed by atoms with Crippen LogP contribution >= 0.6 is 0 Å². The maximum atomic E-state index is 15.4. The number of anilines is 3. The van der Waals surface area contributed by atoms with Gasteiger partial charge in [-0.25, -0.2) is 4.39 Å². The molecule has 0 radical (unpaired) electrons. The molecule has 2 heterocycles. The van der Waals surface area contributed by atoms with Gasteiger partial charge in [-0.15, -0.1) is 0 Å². The first-order valence-electron chi connectivity index (χ1n) is 13.0. The summed E-state index contributed by atoms with van der Waals surface area (Å²) in [6, 6.07) is 9.19. The molecule has 3 aliphatic rings. The van der Waals surface area contributed by atoms with E-state index in [1.165, 1.54) is 6.07 Å². The Morgan fingerprint density at radius 3 is 2.61 bits per heavy atom. The number of carbonyl (C=O) groups is 2. The lowest BCUT2D eigenvalue weighted by Gasteiger charge is -2.33. The lowest BCUT2D eigenvalue weighted by molar-refractivity contribution is -0.119. The average molecular weight is 495 g/mol. The Labute approximate surface area is 211 Å². The third-order valence-electron chi connectivity index (χ3n) is 8.21. The zero-order chi connectivity index (χ0) is 25.3. The monoisotopic (exact) mass is 494 g/mol. The molecule has 1 saturated carbocycles. The van der Waals surface area contributed by atoms with Crippen molar-refractivity contribution in [2.75, 3.05) is 36.1 Å². The highest BCUT2D eigenvalue weighted by Gasteiger charge is 2.43. The maximum absolute atomic E-state index is 15.4. The Bertz CT molecular complexity index is 1140. The standard InChI is InChI=1S/C28H35FN4O3/c1-17-5-7-18(8-6-17)25(33-26(34)19-3-2-4-20(30)13-19)27(35)32-21-14-22(29)24-23(15-21)31-16-28(24)9-11-36-12-10-28/h2-4,13-15,17-18,25,31H,5-12,16,30H2,1H3,(H,32,35)(H,33,34). The minimum atomic E-state index is -0.724. The van der Waals surface area contributed by atoms with Crippen molar-refractivity contribution in [1.82, 2.24) is 5.32 Å². The van der Waals surface area contributed by atoms with Crippen LogP contribution in [0.3, 0.4) is 0 Å². The molecule has 192 valence electrons.